The number of carboxylic acid groups (broad SMARTS) is 1. The molecule has 15 heavy (non-hydrogen) atoms. The Labute approximate surface area is 87.2 Å². The van der Waals surface area contributed by atoms with Gasteiger partial charge in [-0.15, -0.1) is 0 Å². The fourth-order valence-corrected chi connectivity index (χ4v) is 0.751. The van der Waals surface area contributed by atoms with Gasteiger partial charge in [0.1, 0.15) is 0 Å². The number of nitrogens with one attached hydrogen (secondary N) is 1. The fraction of sp³-hybridized carbons (Fsp3) is 0.750. The van der Waals surface area contributed by atoms with Crippen molar-refractivity contribution in [2.45, 2.75) is 19.1 Å². The van der Waals surface area contributed by atoms with E-state index in [2.05, 4.69) is 5.32 Å². The Hall–Kier alpha value is -1.18. The van der Waals surface area contributed by atoms with E-state index in [4.69, 9.17) is 20.7 Å². The summed E-state index contributed by atoms with van der Waals surface area (Å²) in [6.07, 6.45) is 0.272. The number of ether oxygens (including phenoxy) is 1. The van der Waals surface area contributed by atoms with Crippen LogP contribution < -0.4 is 11.1 Å². The Kier molecular flexibility index (Phi) is 5.83. The maximum atomic E-state index is 11.1. The molecule has 0 saturated carbocycles. The molecular weight excluding hydrogens is 204 g/mol. The molecule has 0 fully saturated rings. The third-order valence-electron chi connectivity index (χ3n) is 1.73. The minimum atomic E-state index is -1.39. The molecule has 0 rings (SSSR count). The third-order valence-corrected chi connectivity index (χ3v) is 1.73. The number of nitrogens with two attached hydrogens (primary N) is 1. The van der Waals surface area contributed by atoms with Gasteiger partial charge in [-0.2, -0.15) is 0 Å². The highest BCUT2D eigenvalue weighted by Gasteiger charge is 2.26. The van der Waals surface area contributed by atoms with E-state index in [-0.39, 0.29) is 19.5 Å². The zero-order chi connectivity index (χ0) is 11.9. The fourth-order valence-electron chi connectivity index (χ4n) is 0.751. The molecule has 0 saturated heterocycles. The van der Waals surface area contributed by atoms with Crippen molar-refractivity contribution < 1.29 is 24.5 Å². The first kappa shape index (κ1) is 13.8. The van der Waals surface area contributed by atoms with E-state index in [1.54, 1.807) is 6.92 Å². The standard InChI is InChI=1S/C8H16N2O5/c1-2-8(9,5-11)15-7(14)4-10-3-6(12)13/h10-11H,2-5,9H2,1H3,(H,12,13). The number of hydrogen-bond donors (Lipinski definition) is 4. The summed E-state index contributed by atoms with van der Waals surface area (Å²) in [6, 6.07) is 0. The maximum absolute atomic E-state index is 11.1. The van der Waals surface area contributed by atoms with Crippen molar-refractivity contribution in [2.75, 3.05) is 19.7 Å². The van der Waals surface area contributed by atoms with Gasteiger partial charge in [0, 0.05) is 6.42 Å². The lowest BCUT2D eigenvalue weighted by molar-refractivity contribution is -0.163. The predicted octanol–water partition coefficient (Wildman–Crippen LogP) is -1.74. The Morgan fingerprint density at radius 3 is 2.47 bits per heavy atom. The molecule has 88 valence electrons. The smallest absolute Gasteiger partial charge is 0.321 e. The number of hydrogen-bond acceptors (Lipinski definition) is 6. The van der Waals surface area contributed by atoms with Gasteiger partial charge >= 0.3 is 11.9 Å². The SMILES string of the molecule is CCC(N)(CO)OC(=O)CNCC(=O)O. The summed E-state index contributed by atoms with van der Waals surface area (Å²) in [6.45, 7) is 0.589. The van der Waals surface area contributed by atoms with E-state index < -0.39 is 24.3 Å². The highest BCUT2D eigenvalue weighted by atomic mass is 16.6. The van der Waals surface area contributed by atoms with Crippen molar-refractivity contribution in [2.24, 2.45) is 5.73 Å². The van der Waals surface area contributed by atoms with Crippen LogP contribution in [-0.2, 0) is 14.3 Å². The second-order valence-corrected chi connectivity index (χ2v) is 3.05. The second-order valence-electron chi connectivity index (χ2n) is 3.05. The molecule has 5 N–H and O–H groups in total. The third kappa shape index (κ3) is 6.00. The van der Waals surface area contributed by atoms with Gasteiger partial charge in [0.15, 0.2) is 5.72 Å². The average Bonchev–Trinajstić information content (AvgIpc) is 2.17. The number of carbonyl (C=O) groups is 2. The molecule has 0 spiro atoms. The molecule has 0 heterocycles. The lowest BCUT2D eigenvalue weighted by Crippen LogP contribution is -2.49. The molecule has 0 aromatic carbocycles. The van der Waals surface area contributed by atoms with Crippen LogP contribution in [0.1, 0.15) is 13.3 Å². The minimum Gasteiger partial charge on any atom is -0.480 e. The number of aliphatic hydroxyl groups is 1. The summed E-state index contributed by atoms with van der Waals surface area (Å²) < 4.78 is 4.75. The Balaban J connectivity index is 3.87. The van der Waals surface area contributed by atoms with Crippen molar-refractivity contribution in [3.05, 3.63) is 0 Å². The predicted molar refractivity (Wildman–Crippen MR) is 50.9 cm³/mol. The molecule has 0 aliphatic heterocycles. The van der Waals surface area contributed by atoms with E-state index in [0.29, 0.717) is 0 Å². The first-order chi connectivity index (χ1) is 6.93. The van der Waals surface area contributed by atoms with Crippen LogP contribution in [-0.4, -0.2) is 47.6 Å². The van der Waals surface area contributed by atoms with E-state index in [0.717, 1.165) is 0 Å². The summed E-state index contributed by atoms with van der Waals surface area (Å²) in [5.41, 5.74) is 4.10. The maximum Gasteiger partial charge on any atom is 0.321 e. The van der Waals surface area contributed by atoms with E-state index in [9.17, 15) is 9.59 Å². The lowest BCUT2D eigenvalue weighted by Gasteiger charge is -2.25. The van der Waals surface area contributed by atoms with Crippen LogP contribution in [0.5, 0.6) is 0 Å². The van der Waals surface area contributed by atoms with Gasteiger partial charge in [0.2, 0.25) is 0 Å². The van der Waals surface area contributed by atoms with Crippen molar-refractivity contribution in [3.8, 4) is 0 Å². The van der Waals surface area contributed by atoms with Gasteiger partial charge in [-0.25, -0.2) is 0 Å². The van der Waals surface area contributed by atoms with Crippen LogP contribution in [0, 0.1) is 0 Å². The molecule has 7 nitrogen and oxygen atoms in total. The Morgan fingerprint density at radius 2 is 2.07 bits per heavy atom. The van der Waals surface area contributed by atoms with Crippen molar-refractivity contribution in [1.29, 1.82) is 0 Å². The quantitative estimate of drug-likeness (QED) is 0.297. The van der Waals surface area contributed by atoms with Gasteiger partial charge in [-0.3, -0.25) is 20.6 Å². The average molecular weight is 220 g/mol. The van der Waals surface area contributed by atoms with E-state index in [1.165, 1.54) is 0 Å². The number of carbonyl (C=O) groups excluding carboxylic acids is 1. The topological polar surface area (TPSA) is 122 Å². The van der Waals surface area contributed by atoms with Gasteiger partial charge in [-0.05, 0) is 0 Å². The van der Waals surface area contributed by atoms with Crippen LogP contribution in [0.2, 0.25) is 0 Å². The summed E-state index contributed by atoms with van der Waals surface area (Å²) in [5.74, 6) is -1.77. The summed E-state index contributed by atoms with van der Waals surface area (Å²) in [5, 5.41) is 19.4. The number of rotatable bonds is 7. The molecule has 0 bridgehead atoms. The molecule has 0 aromatic rings. The second kappa shape index (κ2) is 6.33. The van der Waals surface area contributed by atoms with Crippen LogP contribution >= 0.6 is 0 Å². The zero-order valence-corrected chi connectivity index (χ0v) is 8.52. The molecule has 0 radical (unpaired) electrons. The molecule has 0 aliphatic rings. The van der Waals surface area contributed by atoms with Crippen LogP contribution in [0.3, 0.4) is 0 Å². The highest BCUT2D eigenvalue weighted by molar-refractivity contribution is 5.74. The van der Waals surface area contributed by atoms with Crippen molar-refractivity contribution in [3.63, 3.8) is 0 Å². The normalized spacial score (nSPS) is 14.3. The van der Waals surface area contributed by atoms with Crippen molar-refractivity contribution >= 4 is 11.9 Å². The summed E-state index contributed by atoms with van der Waals surface area (Å²) >= 11 is 0. The van der Waals surface area contributed by atoms with Crippen LogP contribution in [0.4, 0.5) is 0 Å². The number of esters is 1. The van der Waals surface area contributed by atoms with Gasteiger partial charge < -0.3 is 14.9 Å². The number of aliphatic hydroxyl groups excluding tert-OH is 1. The molecule has 0 aliphatic carbocycles. The number of carboxylic acids is 1. The van der Waals surface area contributed by atoms with Crippen LogP contribution in [0.15, 0.2) is 0 Å². The Bertz CT molecular complexity index is 227. The molecule has 0 aromatic heterocycles. The first-order valence-corrected chi connectivity index (χ1v) is 4.47. The van der Waals surface area contributed by atoms with E-state index in [1.807, 2.05) is 0 Å². The highest BCUT2D eigenvalue weighted by Crippen LogP contribution is 2.06. The van der Waals surface area contributed by atoms with Gasteiger partial charge in [-0.1, -0.05) is 6.92 Å². The monoisotopic (exact) mass is 220 g/mol. The number of aliphatic carboxylic acids is 1. The molecule has 7 heteroatoms. The van der Waals surface area contributed by atoms with Gasteiger partial charge in [0.25, 0.3) is 0 Å². The largest absolute Gasteiger partial charge is 0.480 e. The summed E-state index contributed by atoms with van der Waals surface area (Å²) in [4.78, 5) is 21.2. The molecular formula is C8H16N2O5. The lowest BCUT2D eigenvalue weighted by atomic mass is 10.2. The van der Waals surface area contributed by atoms with Crippen molar-refractivity contribution in [1.82, 2.24) is 5.32 Å². The minimum absolute atomic E-state index is 0.259. The zero-order valence-electron chi connectivity index (χ0n) is 8.52. The Morgan fingerprint density at radius 1 is 1.47 bits per heavy atom. The van der Waals surface area contributed by atoms with E-state index >= 15 is 0 Å². The molecule has 1 atom stereocenters. The molecule has 0 amide bonds. The molecule has 1 unspecified atom stereocenters. The van der Waals surface area contributed by atoms with Crippen LogP contribution in [0.25, 0.3) is 0 Å². The first-order valence-electron chi connectivity index (χ1n) is 4.47. The summed E-state index contributed by atoms with van der Waals surface area (Å²) in [7, 11) is 0. The van der Waals surface area contributed by atoms with Gasteiger partial charge in [0.05, 0.1) is 19.7 Å².